The van der Waals surface area contributed by atoms with Gasteiger partial charge in [0.05, 0.1) is 15.4 Å². The molecule has 0 atom stereocenters. The average molecular weight is 309 g/mol. The zero-order valence-corrected chi connectivity index (χ0v) is 11.2. The smallest absolute Gasteiger partial charge is 0.259 e. The van der Waals surface area contributed by atoms with Crippen molar-refractivity contribution in [2.45, 2.75) is 18.0 Å². The van der Waals surface area contributed by atoms with Crippen LogP contribution in [0.4, 0.5) is 13.2 Å². The summed E-state index contributed by atoms with van der Waals surface area (Å²) in [6.45, 7) is 1.12. The van der Waals surface area contributed by atoms with Crippen LogP contribution >= 0.6 is 0 Å². The van der Waals surface area contributed by atoms with Crippen LogP contribution in [-0.2, 0) is 16.0 Å². The van der Waals surface area contributed by atoms with E-state index in [1.807, 2.05) is 0 Å². The van der Waals surface area contributed by atoms with Gasteiger partial charge in [0.2, 0.25) is 5.70 Å². The van der Waals surface area contributed by atoms with Crippen LogP contribution in [0.3, 0.4) is 0 Å². The van der Waals surface area contributed by atoms with Crippen molar-refractivity contribution < 1.29 is 26.5 Å². The Morgan fingerprint density at radius 3 is 2.30 bits per heavy atom. The Morgan fingerprint density at radius 2 is 1.90 bits per heavy atom. The summed E-state index contributed by atoms with van der Waals surface area (Å²) < 4.78 is 61.1. The van der Waals surface area contributed by atoms with E-state index in [0.717, 1.165) is 25.1 Å². The zero-order chi connectivity index (χ0) is 15.7. The van der Waals surface area contributed by atoms with E-state index in [4.69, 9.17) is 0 Å². The standard InChI is InChI=1S/C11H10F3NO4S/c1-7(15(16)17)5-8-3-4-10(20(2,18)19)9(6-8)11(12,13)14/h3-6H,1-2H3/b7-5+. The summed E-state index contributed by atoms with van der Waals surface area (Å²) in [4.78, 5) is 8.82. The first-order valence-corrected chi connectivity index (χ1v) is 7.06. The van der Waals surface area contributed by atoms with Crippen molar-refractivity contribution in [3.05, 3.63) is 45.1 Å². The molecule has 1 aromatic carbocycles. The molecule has 1 rings (SSSR count). The molecule has 0 saturated heterocycles. The number of hydrogen-bond donors (Lipinski definition) is 0. The maximum Gasteiger partial charge on any atom is 0.417 e. The minimum Gasteiger partial charge on any atom is -0.259 e. The first-order valence-electron chi connectivity index (χ1n) is 5.17. The SMILES string of the molecule is C/C(=C\c1ccc(S(C)(=O)=O)c(C(F)(F)F)c1)[N+](=O)[O-]. The van der Waals surface area contributed by atoms with E-state index >= 15 is 0 Å². The maximum absolute atomic E-state index is 12.8. The third-order valence-electron chi connectivity index (χ3n) is 2.37. The van der Waals surface area contributed by atoms with Crippen molar-refractivity contribution in [3.63, 3.8) is 0 Å². The van der Waals surface area contributed by atoms with E-state index in [0.29, 0.717) is 12.3 Å². The van der Waals surface area contributed by atoms with E-state index in [1.165, 1.54) is 0 Å². The van der Waals surface area contributed by atoms with Gasteiger partial charge < -0.3 is 0 Å². The van der Waals surface area contributed by atoms with E-state index in [1.54, 1.807) is 0 Å². The number of nitrogens with zero attached hydrogens (tertiary/aromatic N) is 1. The second-order valence-corrected chi connectivity index (χ2v) is 6.05. The second-order valence-electron chi connectivity index (χ2n) is 4.07. The van der Waals surface area contributed by atoms with E-state index < -0.39 is 31.4 Å². The van der Waals surface area contributed by atoms with Crippen LogP contribution in [0.1, 0.15) is 18.1 Å². The molecule has 0 bridgehead atoms. The number of sulfone groups is 1. The average Bonchev–Trinajstić information content (AvgIpc) is 2.26. The van der Waals surface area contributed by atoms with Crippen molar-refractivity contribution in [2.24, 2.45) is 0 Å². The largest absolute Gasteiger partial charge is 0.417 e. The molecule has 0 heterocycles. The first kappa shape index (κ1) is 16.2. The monoisotopic (exact) mass is 309 g/mol. The Hall–Kier alpha value is -1.90. The Bertz CT molecular complexity index is 677. The molecular weight excluding hydrogens is 299 g/mol. The fraction of sp³-hybridized carbons (Fsp3) is 0.273. The number of nitro groups is 1. The molecule has 0 aromatic heterocycles. The van der Waals surface area contributed by atoms with Gasteiger partial charge in [0.1, 0.15) is 0 Å². The van der Waals surface area contributed by atoms with Crippen LogP contribution in [0.15, 0.2) is 28.8 Å². The summed E-state index contributed by atoms with van der Waals surface area (Å²) in [5, 5.41) is 10.4. The maximum atomic E-state index is 12.8. The summed E-state index contributed by atoms with van der Waals surface area (Å²) in [5.41, 5.74) is -1.80. The summed E-state index contributed by atoms with van der Waals surface area (Å²) in [6.07, 6.45) is -3.28. The van der Waals surface area contributed by atoms with Gasteiger partial charge in [-0.15, -0.1) is 0 Å². The van der Waals surface area contributed by atoms with Crippen molar-refractivity contribution >= 4 is 15.9 Å². The van der Waals surface area contributed by atoms with Crippen LogP contribution in [-0.4, -0.2) is 19.6 Å². The molecular formula is C11H10F3NO4S. The van der Waals surface area contributed by atoms with E-state index in [9.17, 15) is 31.7 Å². The molecule has 0 radical (unpaired) electrons. The number of rotatable bonds is 3. The lowest BCUT2D eigenvalue weighted by Crippen LogP contribution is -2.12. The molecule has 0 spiro atoms. The number of alkyl halides is 3. The van der Waals surface area contributed by atoms with Crippen LogP contribution in [0, 0.1) is 10.1 Å². The molecule has 0 N–H and O–H groups in total. The molecule has 1 aromatic rings. The Morgan fingerprint density at radius 1 is 1.35 bits per heavy atom. The predicted octanol–water partition coefficient (Wildman–Crippen LogP) is 2.75. The summed E-state index contributed by atoms with van der Waals surface area (Å²) >= 11 is 0. The fourth-order valence-electron chi connectivity index (χ4n) is 1.48. The Labute approximate surface area is 112 Å². The van der Waals surface area contributed by atoms with E-state index in [2.05, 4.69) is 0 Å². The molecule has 9 heteroatoms. The number of allylic oxidation sites excluding steroid dienone is 1. The molecule has 5 nitrogen and oxygen atoms in total. The molecule has 0 amide bonds. The van der Waals surface area contributed by atoms with Gasteiger partial charge in [0.25, 0.3) is 0 Å². The fourth-order valence-corrected chi connectivity index (χ4v) is 2.37. The van der Waals surface area contributed by atoms with Gasteiger partial charge in [-0.25, -0.2) is 8.42 Å². The summed E-state index contributed by atoms with van der Waals surface area (Å²) in [6, 6.07) is 2.44. The highest BCUT2D eigenvalue weighted by Crippen LogP contribution is 2.35. The minimum atomic E-state index is -4.87. The molecule has 0 saturated carbocycles. The normalized spacial score (nSPS) is 13.3. The van der Waals surface area contributed by atoms with Crippen LogP contribution < -0.4 is 0 Å². The highest BCUT2D eigenvalue weighted by atomic mass is 32.2. The van der Waals surface area contributed by atoms with Gasteiger partial charge in [-0.1, -0.05) is 6.07 Å². The van der Waals surface area contributed by atoms with Gasteiger partial charge in [-0.3, -0.25) is 10.1 Å². The van der Waals surface area contributed by atoms with E-state index in [-0.39, 0.29) is 11.3 Å². The Balaban J connectivity index is 3.52. The quantitative estimate of drug-likeness (QED) is 0.635. The number of hydrogen-bond acceptors (Lipinski definition) is 4. The molecule has 0 unspecified atom stereocenters. The number of halogens is 3. The third kappa shape index (κ3) is 3.80. The summed E-state index contributed by atoms with van der Waals surface area (Å²) in [7, 11) is -4.05. The molecule has 0 aliphatic heterocycles. The first-order chi connectivity index (χ1) is 8.93. The molecule has 110 valence electrons. The highest BCUT2D eigenvalue weighted by Gasteiger charge is 2.36. The van der Waals surface area contributed by atoms with Crippen LogP contribution in [0.5, 0.6) is 0 Å². The van der Waals surface area contributed by atoms with Gasteiger partial charge >= 0.3 is 6.18 Å². The van der Waals surface area contributed by atoms with Gasteiger partial charge in [0, 0.05) is 19.3 Å². The lowest BCUT2D eigenvalue weighted by atomic mass is 10.1. The third-order valence-corrected chi connectivity index (χ3v) is 3.53. The topological polar surface area (TPSA) is 77.3 Å². The van der Waals surface area contributed by atoms with Crippen molar-refractivity contribution in [2.75, 3.05) is 6.26 Å². The van der Waals surface area contributed by atoms with Crippen LogP contribution in [0.25, 0.3) is 6.08 Å². The number of benzene rings is 1. The molecule has 0 fully saturated rings. The summed E-state index contributed by atoms with van der Waals surface area (Å²) in [5.74, 6) is 0. The Kier molecular flexibility index (Phi) is 4.23. The van der Waals surface area contributed by atoms with Gasteiger partial charge in [-0.05, 0) is 17.7 Å². The molecule has 0 aliphatic rings. The molecule has 0 aliphatic carbocycles. The van der Waals surface area contributed by atoms with Crippen LogP contribution in [0.2, 0.25) is 0 Å². The van der Waals surface area contributed by atoms with Crippen molar-refractivity contribution in [1.29, 1.82) is 0 Å². The highest BCUT2D eigenvalue weighted by molar-refractivity contribution is 7.90. The molecule has 20 heavy (non-hydrogen) atoms. The van der Waals surface area contributed by atoms with Gasteiger partial charge in [0.15, 0.2) is 9.84 Å². The van der Waals surface area contributed by atoms with Crippen molar-refractivity contribution in [3.8, 4) is 0 Å². The van der Waals surface area contributed by atoms with Gasteiger partial charge in [-0.2, -0.15) is 13.2 Å². The second kappa shape index (κ2) is 5.23. The zero-order valence-electron chi connectivity index (χ0n) is 10.4. The van der Waals surface area contributed by atoms with Crippen molar-refractivity contribution in [1.82, 2.24) is 0 Å². The predicted molar refractivity (Wildman–Crippen MR) is 65.2 cm³/mol. The lowest BCUT2D eigenvalue weighted by Gasteiger charge is -2.12. The lowest BCUT2D eigenvalue weighted by molar-refractivity contribution is -0.422. The minimum absolute atomic E-state index is 0.0982.